The fraction of sp³-hybridized carbons (Fsp3) is 0.318. The first-order valence-corrected chi connectivity index (χ1v) is 9.73. The van der Waals surface area contributed by atoms with Crippen LogP contribution in [0.2, 0.25) is 0 Å². The Hall–Kier alpha value is -2.42. The van der Waals surface area contributed by atoms with Gasteiger partial charge in [0, 0.05) is 50.2 Å². The van der Waals surface area contributed by atoms with Crippen molar-refractivity contribution >= 4 is 29.9 Å². The zero-order valence-electron chi connectivity index (χ0n) is 16.8. The highest BCUT2D eigenvalue weighted by Crippen LogP contribution is 2.32. The zero-order chi connectivity index (χ0) is 19.3. The van der Waals surface area contributed by atoms with Crippen LogP contribution < -0.4 is 10.6 Å². The lowest BCUT2D eigenvalue weighted by molar-refractivity contribution is 0.641. The molecule has 0 saturated heterocycles. The van der Waals surface area contributed by atoms with E-state index in [0.717, 1.165) is 36.1 Å². The Bertz CT molecular complexity index is 981. The number of aliphatic imine (C=N–C) groups is 1. The van der Waals surface area contributed by atoms with Crippen LogP contribution in [0.4, 0.5) is 0 Å². The first kappa shape index (κ1) is 21.3. The van der Waals surface area contributed by atoms with E-state index in [2.05, 4.69) is 55.9 Å². The zero-order valence-corrected chi connectivity index (χ0v) is 19.1. The lowest BCUT2D eigenvalue weighted by atomic mass is 10.0. The monoisotopic (exact) mass is 502 g/mol. The molecule has 0 radical (unpaired) electrons. The minimum absolute atomic E-state index is 0. The summed E-state index contributed by atoms with van der Waals surface area (Å²) in [6.07, 6.45) is 7.89. The number of halogens is 1. The van der Waals surface area contributed by atoms with E-state index in [4.69, 9.17) is 0 Å². The molecule has 1 aliphatic rings. The molecule has 2 heterocycles. The van der Waals surface area contributed by atoms with Crippen LogP contribution in [0.25, 0.3) is 5.82 Å². The number of benzene rings is 1. The van der Waals surface area contributed by atoms with Crippen molar-refractivity contribution in [2.45, 2.75) is 32.2 Å². The average molecular weight is 502 g/mol. The predicted octanol–water partition coefficient (Wildman–Crippen LogP) is 3.59. The molecule has 0 spiro atoms. The largest absolute Gasteiger partial charge is 0.356 e. The molecule has 0 bridgehead atoms. The van der Waals surface area contributed by atoms with Crippen molar-refractivity contribution in [1.29, 1.82) is 0 Å². The quantitative estimate of drug-likeness (QED) is 0.318. The maximum absolute atomic E-state index is 4.54. The average Bonchev–Trinajstić information content (AvgIpc) is 3.34. The Morgan fingerprint density at radius 2 is 2.00 bits per heavy atom. The third-order valence-corrected chi connectivity index (χ3v) is 5.36. The molecule has 2 aromatic heterocycles. The molecule has 29 heavy (non-hydrogen) atoms. The van der Waals surface area contributed by atoms with Crippen molar-refractivity contribution < 1.29 is 0 Å². The molecule has 0 aliphatic heterocycles. The molecule has 3 aromatic rings. The highest BCUT2D eigenvalue weighted by Gasteiger charge is 2.21. The Morgan fingerprint density at radius 1 is 1.14 bits per heavy atom. The topological polar surface area (TPSA) is 67.1 Å². The summed E-state index contributed by atoms with van der Waals surface area (Å²) >= 11 is 0. The minimum Gasteiger partial charge on any atom is -0.356 e. The lowest BCUT2D eigenvalue weighted by Gasteiger charge is -2.17. The van der Waals surface area contributed by atoms with Gasteiger partial charge in [-0.15, -0.1) is 24.0 Å². The van der Waals surface area contributed by atoms with Crippen LogP contribution in [0.3, 0.4) is 0 Å². The van der Waals surface area contributed by atoms with E-state index in [0.29, 0.717) is 12.5 Å². The number of nitrogens with one attached hydrogen (secondary N) is 2. The van der Waals surface area contributed by atoms with Crippen molar-refractivity contribution in [2.75, 3.05) is 13.6 Å². The third-order valence-electron chi connectivity index (χ3n) is 5.36. The Kier molecular flexibility index (Phi) is 7.24. The number of hydrogen-bond donors (Lipinski definition) is 2. The van der Waals surface area contributed by atoms with Gasteiger partial charge < -0.3 is 10.6 Å². The van der Waals surface area contributed by atoms with E-state index in [1.807, 2.05) is 37.0 Å². The van der Waals surface area contributed by atoms with Crippen molar-refractivity contribution in [3.63, 3.8) is 0 Å². The van der Waals surface area contributed by atoms with Crippen LogP contribution in [0.15, 0.2) is 60.0 Å². The smallest absolute Gasteiger partial charge is 0.191 e. The van der Waals surface area contributed by atoms with E-state index in [1.165, 1.54) is 17.5 Å². The highest BCUT2D eigenvalue weighted by atomic mass is 127. The first-order chi connectivity index (χ1) is 13.8. The molecule has 0 fully saturated rings. The second-order valence-corrected chi connectivity index (χ2v) is 7.07. The van der Waals surface area contributed by atoms with Gasteiger partial charge in [0.2, 0.25) is 0 Å². The Morgan fingerprint density at radius 3 is 2.79 bits per heavy atom. The second kappa shape index (κ2) is 9.87. The van der Waals surface area contributed by atoms with E-state index < -0.39 is 0 Å². The molecule has 0 saturated carbocycles. The molecule has 152 valence electrons. The van der Waals surface area contributed by atoms with Crippen molar-refractivity contribution in [1.82, 2.24) is 25.2 Å². The number of guanidine groups is 1. The Labute approximate surface area is 188 Å². The van der Waals surface area contributed by atoms with Crippen LogP contribution >= 0.6 is 24.0 Å². The fourth-order valence-electron chi connectivity index (χ4n) is 3.86. The summed E-state index contributed by atoms with van der Waals surface area (Å²) in [6, 6.07) is 12.8. The van der Waals surface area contributed by atoms with Gasteiger partial charge in [-0.25, -0.2) is 9.97 Å². The number of nitrogens with zero attached hydrogens (tertiary/aromatic N) is 4. The first-order valence-electron chi connectivity index (χ1n) is 9.73. The highest BCUT2D eigenvalue weighted by molar-refractivity contribution is 14.0. The molecular weight excluding hydrogens is 475 g/mol. The number of aromatic nitrogens is 3. The van der Waals surface area contributed by atoms with Crippen molar-refractivity contribution in [3.05, 3.63) is 77.5 Å². The molecule has 2 N–H and O–H groups in total. The molecular formula is C22H27IN6. The predicted molar refractivity (Wildman–Crippen MR) is 127 cm³/mol. The van der Waals surface area contributed by atoms with E-state index in [-0.39, 0.29) is 24.0 Å². The summed E-state index contributed by atoms with van der Waals surface area (Å²) in [5.74, 6) is 3.16. The standard InChI is InChI=1S/C22H26N6.HI/c1-16-24-12-13-28(16)21-19(7-5-11-25-21)15-27-22(23-2)26-14-18-10-9-17-6-3-4-8-20(17)18;/h3-8,11-13,18H,9-10,14-15H2,1-2H3,(H2,23,26,27);1H. The summed E-state index contributed by atoms with van der Waals surface area (Å²) in [7, 11) is 1.81. The van der Waals surface area contributed by atoms with Gasteiger partial charge >= 0.3 is 0 Å². The van der Waals surface area contributed by atoms with Gasteiger partial charge in [0.1, 0.15) is 11.6 Å². The van der Waals surface area contributed by atoms with Crippen LogP contribution in [-0.4, -0.2) is 34.1 Å². The third kappa shape index (κ3) is 4.77. The fourth-order valence-corrected chi connectivity index (χ4v) is 3.86. The van der Waals surface area contributed by atoms with Crippen LogP contribution in [-0.2, 0) is 13.0 Å². The van der Waals surface area contributed by atoms with Gasteiger partial charge in [-0.1, -0.05) is 30.3 Å². The normalized spacial score (nSPS) is 15.5. The number of imidazole rings is 1. The van der Waals surface area contributed by atoms with E-state index in [1.54, 1.807) is 6.20 Å². The van der Waals surface area contributed by atoms with Crippen molar-refractivity contribution in [3.8, 4) is 5.82 Å². The number of hydrogen-bond acceptors (Lipinski definition) is 3. The van der Waals surface area contributed by atoms with Gasteiger partial charge in [0.25, 0.3) is 0 Å². The van der Waals surface area contributed by atoms with Gasteiger partial charge in [-0.3, -0.25) is 9.56 Å². The summed E-state index contributed by atoms with van der Waals surface area (Å²) in [6.45, 7) is 3.50. The molecule has 1 aromatic carbocycles. The number of aryl methyl sites for hydroxylation is 2. The maximum atomic E-state index is 4.54. The SMILES string of the molecule is CN=C(NCc1cccnc1-n1ccnc1C)NCC1CCc2ccccc21.I. The number of fused-ring (bicyclic) bond motifs is 1. The van der Waals surface area contributed by atoms with E-state index >= 15 is 0 Å². The maximum Gasteiger partial charge on any atom is 0.191 e. The molecule has 1 unspecified atom stereocenters. The van der Waals surface area contributed by atoms with E-state index in [9.17, 15) is 0 Å². The number of pyridine rings is 1. The minimum atomic E-state index is 0. The molecule has 7 heteroatoms. The summed E-state index contributed by atoms with van der Waals surface area (Å²) in [4.78, 5) is 13.2. The van der Waals surface area contributed by atoms with Crippen LogP contribution in [0.1, 0.15) is 34.9 Å². The lowest BCUT2D eigenvalue weighted by Crippen LogP contribution is -2.39. The number of rotatable bonds is 5. The van der Waals surface area contributed by atoms with Gasteiger partial charge in [-0.2, -0.15) is 0 Å². The molecule has 4 rings (SSSR count). The summed E-state index contributed by atoms with van der Waals surface area (Å²) < 4.78 is 2.00. The van der Waals surface area contributed by atoms with Gasteiger partial charge in [0.05, 0.1) is 0 Å². The molecule has 1 atom stereocenters. The summed E-state index contributed by atoms with van der Waals surface area (Å²) in [5, 5.41) is 6.91. The molecule has 1 aliphatic carbocycles. The van der Waals surface area contributed by atoms with Gasteiger partial charge in [-0.05, 0) is 37.0 Å². The molecule has 6 nitrogen and oxygen atoms in total. The van der Waals surface area contributed by atoms with Crippen LogP contribution in [0.5, 0.6) is 0 Å². The van der Waals surface area contributed by atoms with Crippen molar-refractivity contribution in [2.24, 2.45) is 4.99 Å². The second-order valence-electron chi connectivity index (χ2n) is 7.07. The summed E-state index contributed by atoms with van der Waals surface area (Å²) in [5.41, 5.74) is 4.04. The van der Waals surface area contributed by atoms with Gasteiger partial charge in [0.15, 0.2) is 5.96 Å². The van der Waals surface area contributed by atoms with Crippen LogP contribution in [0, 0.1) is 6.92 Å². The Balaban J connectivity index is 0.00000240. The molecule has 0 amide bonds.